The Morgan fingerprint density at radius 2 is 1.85 bits per heavy atom. The first-order chi connectivity index (χ1) is 12.6. The molecule has 3 aromatic heterocycles. The predicted molar refractivity (Wildman–Crippen MR) is 99.1 cm³/mol. The van der Waals surface area contributed by atoms with Crippen LogP contribution in [0.1, 0.15) is 29.1 Å². The van der Waals surface area contributed by atoms with E-state index in [1.807, 2.05) is 78.9 Å². The molecule has 0 aliphatic rings. The number of carbonyl (C=O) groups excluding carboxylic acids is 1. The van der Waals surface area contributed by atoms with Crippen LogP contribution >= 0.6 is 0 Å². The van der Waals surface area contributed by atoms with E-state index in [4.69, 9.17) is 0 Å². The van der Waals surface area contributed by atoms with Crippen molar-refractivity contribution in [2.24, 2.45) is 14.1 Å². The molecule has 0 aliphatic heterocycles. The quantitative estimate of drug-likeness (QED) is 0.616. The van der Waals surface area contributed by atoms with Gasteiger partial charge in [-0.2, -0.15) is 5.10 Å². The zero-order valence-corrected chi connectivity index (χ0v) is 14.9. The highest BCUT2D eigenvalue weighted by Crippen LogP contribution is 2.20. The number of carbonyl (C=O) groups is 1. The van der Waals surface area contributed by atoms with Crippen LogP contribution in [0.25, 0.3) is 16.9 Å². The fourth-order valence-electron chi connectivity index (χ4n) is 3.26. The molecule has 132 valence electrons. The molecule has 1 unspecified atom stereocenters. The summed E-state index contributed by atoms with van der Waals surface area (Å²) in [6.07, 6.45) is 5.37. The number of fused-ring (bicyclic) bond motifs is 1. The standard InChI is InChI=1S/C19H20N6O/c1-13(17-22-15-8-4-5-9-16(15)23(17)2)21-18(26)14-12-20-24(3)19(14)25-10-6-7-11-25/h4-13H,1-3H3,(H,21,26). The lowest BCUT2D eigenvalue weighted by Gasteiger charge is -2.14. The third-order valence-electron chi connectivity index (χ3n) is 4.56. The summed E-state index contributed by atoms with van der Waals surface area (Å²) in [5.74, 6) is 1.36. The minimum Gasteiger partial charge on any atom is -0.342 e. The lowest BCUT2D eigenvalue weighted by atomic mass is 10.2. The number of amides is 1. The predicted octanol–water partition coefficient (Wildman–Crippen LogP) is 2.59. The molecule has 0 saturated heterocycles. The van der Waals surface area contributed by atoms with Crippen molar-refractivity contribution in [2.45, 2.75) is 13.0 Å². The monoisotopic (exact) mass is 348 g/mol. The van der Waals surface area contributed by atoms with Gasteiger partial charge in [0.1, 0.15) is 17.2 Å². The molecular weight excluding hydrogens is 328 g/mol. The summed E-state index contributed by atoms with van der Waals surface area (Å²) in [6, 6.07) is 11.5. The molecular formula is C19H20N6O. The molecule has 7 heteroatoms. The van der Waals surface area contributed by atoms with E-state index in [1.165, 1.54) is 0 Å². The van der Waals surface area contributed by atoms with Crippen molar-refractivity contribution in [2.75, 3.05) is 0 Å². The van der Waals surface area contributed by atoms with Crippen LogP contribution in [-0.2, 0) is 14.1 Å². The molecule has 1 aromatic carbocycles. The topological polar surface area (TPSA) is 69.7 Å². The fraction of sp³-hybridized carbons (Fsp3) is 0.211. The van der Waals surface area contributed by atoms with Gasteiger partial charge in [-0.3, -0.25) is 9.48 Å². The van der Waals surface area contributed by atoms with Crippen LogP contribution in [0.3, 0.4) is 0 Å². The number of benzene rings is 1. The first-order valence-electron chi connectivity index (χ1n) is 8.44. The Hall–Kier alpha value is -3.35. The molecule has 0 spiro atoms. The summed E-state index contributed by atoms with van der Waals surface area (Å²) in [4.78, 5) is 17.5. The van der Waals surface area contributed by atoms with Gasteiger partial charge < -0.3 is 14.5 Å². The lowest BCUT2D eigenvalue weighted by molar-refractivity contribution is 0.0938. The molecule has 0 radical (unpaired) electrons. The summed E-state index contributed by atoms with van der Waals surface area (Å²) < 4.78 is 5.58. The fourth-order valence-corrected chi connectivity index (χ4v) is 3.26. The summed E-state index contributed by atoms with van der Waals surface area (Å²) >= 11 is 0. The molecule has 0 fully saturated rings. The number of aryl methyl sites for hydroxylation is 2. The summed E-state index contributed by atoms with van der Waals surface area (Å²) in [5.41, 5.74) is 2.48. The molecule has 1 amide bonds. The zero-order valence-electron chi connectivity index (χ0n) is 14.9. The number of aromatic nitrogens is 5. The van der Waals surface area contributed by atoms with E-state index in [-0.39, 0.29) is 11.9 Å². The van der Waals surface area contributed by atoms with Crippen molar-refractivity contribution in [1.29, 1.82) is 0 Å². The Kier molecular flexibility index (Phi) is 3.84. The molecule has 7 nitrogen and oxygen atoms in total. The largest absolute Gasteiger partial charge is 0.342 e. The third kappa shape index (κ3) is 2.57. The van der Waals surface area contributed by atoms with Gasteiger partial charge in [0.15, 0.2) is 0 Å². The maximum atomic E-state index is 12.9. The average molecular weight is 348 g/mol. The smallest absolute Gasteiger partial charge is 0.257 e. The molecule has 0 aliphatic carbocycles. The van der Waals surface area contributed by atoms with E-state index in [9.17, 15) is 4.79 Å². The highest BCUT2D eigenvalue weighted by Gasteiger charge is 2.21. The minimum atomic E-state index is -0.238. The van der Waals surface area contributed by atoms with Crippen LogP contribution in [-0.4, -0.2) is 29.8 Å². The lowest BCUT2D eigenvalue weighted by Crippen LogP contribution is -2.29. The number of hydrogen-bond acceptors (Lipinski definition) is 3. The number of nitrogens with zero attached hydrogens (tertiary/aromatic N) is 5. The maximum Gasteiger partial charge on any atom is 0.257 e. The number of para-hydroxylation sites is 2. The van der Waals surface area contributed by atoms with E-state index >= 15 is 0 Å². The Balaban J connectivity index is 1.63. The van der Waals surface area contributed by atoms with Gasteiger partial charge in [-0.25, -0.2) is 4.98 Å². The molecule has 1 atom stereocenters. The van der Waals surface area contributed by atoms with Gasteiger partial charge >= 0.3 is 0 Å². The van der Waals surface area contributed by atoms with Crippen molar-refractivity contribution in [3.05, 3.63) is 66.4 Å². The first-order valence-corrected chi connectivity index (χ1v) is 8.44. The van der Waals surface area contributed by atoms with Crippen LogP contribution in [0.2, 0.25) is 0 Å². The van der Waals surface area contributed by atoms with Gasteiger partial charge in [-0.1, -0.05) is 12.1 Å². The summed E-state index contributed by atoms with van der Waals surface area (Å²) in [7, 11) is 3.78. The average Bonchev–Trinajstić information content (AvgIpc) is 3.34. The van der Waals surface area contributed by atoms with Crippen LogP contribution in [0.15, 0.2) is 55.0 Å². The van der Waals surface area contributed by atoms with Crippen LogP contribution < -0.4 is 5.32 Å². The van der Waals surface area contributed by atoms with Crippen molar-refractivity contribution in [3.8, 4) is 5.82 Å². The Morgan fingerprint density at radius 1 is 1.12 bits per heavy atom. The molecule has 4 rings (SSSR count). The molecule has 1 N–H and O–H groups in total. The summed E-state index contributed by atoms with van der Waals surface area (Å²) in [6.45, 7) is 1.94. The number of rotatable bonds is 4. The second-order valence-electron chi connectivity index (χ2n) is 6.31. The van der Waals surface area contributed by atoms with Gasteiger partial charge in [-0.15, -0.1) is 0 Å². The summed E-state index contributed by atoms with van der Waals surface area (Å²) in [5, 5.41) is 7.28. The van der Waals surface area contributed by atoms with E-state index in [2.05, 4.69) is 15.4 Å². The maximum absolute atomic E-state index is 12.9. The molecule has 26 heavy (non-hydrogen) atoms. The Bertz CT molecular complexity index is 1070. The van der Waals surface area contributed by atoms with Crippen molar-refractivity contribution in [1.82, 2.24) is 29.2 Å². The van der Waals surface area contributed by atoms with Crippen molar-refractivity contribution < 1.29 is 4.79 Å². The molecule has 4 aromatic rings. The number of nitrogens with one attached hydrogen (secondary N) is 1. The van der Waals surface area contributed by atoms with E-state index in [0.717, 1.165) is 22.7 Å². The van der Waals surface area contributed by atoms with Crippen LogP contribution in [0.5, 0.6) is 0 Å². The highest BCUT2D eigenvalue weighted by atomic mass is 16.1. The van der Waals surface area contributed by atoms with Crippen LogP contribution in [0, 0.1) is 0 Å². The van der Waals surface area contributed by atoms with Crippen LogP contribution in [0.4, 0.5) is 0 Å². The minimum absolute atomic E-state index is 0.179. The first kappa shape index (κ1) is 16.1. The third-order valence-corrected chi connectivity index (χ3v) is 4.56. The normalized spacial score (nSPS) is 12.4. The van der Waals surface area contributed by atoms with E-state index in [1.54, 1.807) is 10.9 Å². The second kappa shape index (κ2) is 6.18. The SMILES string of the molecule is CC(NC(=O)c1cnn(C)c1-n1cccc1)c1nc2ccccc2n1C. The Morgan fingerprint density at radius 3 is 2.58 bits per heavy atom. The molecule has 0 bridgehead atoms. The molecule has 3 heterocycles. The van der Waals surface area contributed by atoms with E-state index < -0.39 is 0 Å². The zero-order chi connectivity index (χ0) is 18.3. The van der Waals surface area contributed by atoms with Gasteiger partial charge in [-0.05, 0) is 31.2 Å². The van der Waals surface area contributed by atoms with E-state index in [0.29, 0.717) is 5.56 Å². The Labute approximate surface area is 150 Å². The van der Waals surface area contributed by atoms with Gasteiger partial charge in [0, 0.05) is 26.5 Å². The highest BCUT2D eigenvalue weighted by molar-refractivity contribution is 5.97. The second-order valence-corrected chi connectivity index (χ2v) is 6.31. The van der Waals surface area contributed by atoms with Gasteiger partial charge in [0.25, 0.3) is 5.91 Å². The van der Waals surface area contributed by atoms with Crippen molar-refractivity contribution in [3.63, 3.8) is 0 Å². The number of imidazole rings is 1. The molecule has 0 saturated carbocycles. The van der Waals surface area contributed by atoms with Crippen molar-refractivity contribution >= 4 is 16.9 Å². The van der Waals surface area contributed by atoms with Gasteiger partial charge in [0.2, 0.25) is 0 Å². The van der Waals surface area contributed by atoms with Gasteiger partial charge in [0.05, 0.1) is 23.3 Å². The number of hydrogen-bond donors (Lipinski definition) is 1.